The molecule has 0 unspecified atom stereocenters. The van der Waals surface area contributed by atoms with Crippen LogP contribution in [0.5, 0.6) is 0 Å². The molecule has 2 aliphatic rings. The van der Waals surface area contributed by atoms with Gasteiger partial charge in [0, 0.05) is 27.6 Å². The van der Waals surface area contributed by atoms with Crippen molar-refractivity contribution < 1.29 is 19.1 Å². The fourth-order valence-corrected chi connectivity index (χ4v) is 5.54. The van der Waals surface area contributed by atoms with E-state index in [0.29, 0.717) is 18.1 Å². The number of nitrogens with one attached hydrogen (secondary N) is 2. The van der Waals surface area contributed by atoms with Crippen LogP contribution in [0.1, 0.15) is 35.2 Å². The first-order valence-corrected chi connectivity index (χ1v) is 12.8. The molecule has 1 aliphatic carbocycles. The number of H-pyrrole nitrogens is 1. The molecule has 11 nitrogen and oxygen atoms in total. The number of aromatic nitrogens is 6. The molecule has 0 saturated heterocycles. The van der Waals surface area contributed by atoms with Crippen LogP contribution in [0.15, 0.2) is 51.7 Å². The van der Waals surface area contributed by atoms with Gasteiger partial charge in [-0.3, -0.25) is 9.59 Å². The summed E-state index contributed by atoms with van der Waals surface area (Å²) in [5.41, 5.74) is 5.20. The number of amides is 1. The van der Waals surface area contributed by atoms with Crippen molar-refractivity contribution in [3.05, 3.63) is 69.6 Å². The lowest BCUT2D eigenvalue weighted by molar-refractivity contribution is -0.135. The Bertz CT molecular complexity index is 1600. The van der Waals surface area contributed by atoms with E-state index in [2.05, 4.69) is 46.9 Å². The summed E-state index contributed by atoms with van der Waals surface area (Å²) in [4.78, 5) is 28.6. The number of aromatic amines is 1. The fourth-order valence-electron chi connectivity index (χ4n) is 4.49. The largest absolute Gasteiger partial charge is 0.480 e. The van der Waals surface area contributed by atoms with Gasteiger partial charge in [0.1, 0.15) is 18.1 Å². The summed E-state index contributed by atoms with van der Waals surface area (Å²) in [5.74, 6) is -0.668. The lowest BCUT2D eigenvalue weighted by Gasteiger charge is -2.15. The Morgan fingerprint density at radius 1 is 1.18 bits per heavy atom. The maximum Gasteiger partial charge on any atom is 0.322 e. The Kier molecular flexibility index (Phi) is 7.25. The van der Waals surface area contributed by atoms with Crippen LogP contribution in [-0.4, -0.2) is 53.7 Å². The van der Waals surface area contributed by atoms with Gasteiger partial charge in [0.2, 0.25) is 0 Å². The lowest BCUT2D eigenvalue weighted by Crippen LogP contribution is -2.31. The molecule has 0 radical (unpaired) electrons. The number of hydrogen-bond acceptors (Lipinski definition) is 7. The van der Waals surface area contributed by atoms with Gasteiger partial charge in [0.25, 0.3) is 5.91 Å². The molecule has 0 saturated carbocycles. The zero-order valence-corrected chi connectivity index (χ0v) is 22.4. The highest BCUT2D eigenvalue weighted by atomic mass is 79.9. The van der Waals surface area contributed by atoms with Crippen molar-refractivity contribution in [1.82, 2.24) is 35.5 Å². The number of fused-ring (bicyclic) bond motifs is 1. The van der Waals surface area contributed by atoms with Crippen molar-refractivity contribution in [3.8, 4) is 33.6 Å². The second-order valence-electron chi connectivity index (χ2n) is 8.43. The molecule has 194 valence electrons. The SMILES string of the molecule is CCCc1nc(Cl)c(C(=O)NCC(=O)O)n1Cc1c2ccocc-2c(Br)c1-c1ccccc1-c1nnn[nH]1. The van der Waals surface area contributed by atoms with E-state index in [-0.39, 0.29) is 17.4 Å². The summed E-state index contributed by atoms with van der Waals surface area (Å²) in [5, 5.41) is 25.8. The molecular formula is C25H21BrClN7O4. The minimum absolute atomic E-state index is 0.0101. The van der Waals surface area contributed by atoms with Gasteiger partial charge in [-0.2, -0.15) is 0 Å². The molecule has 1 aromatic carbocycles. The van der Waals surface area contributed by atoms with Crippen LogP contribution in [0.2, 0.25) is 5.15 Å². The smallest absolute Gasteiger partial charge is 0.322 e. The van der Waals surface area contributed by atoms with Gasteiger partial charge in [-0.15, -0.1) is 5.10 Å². The number of rotatable bonds is 9. The molecule has 0 fully saturated rings. The monoisotopic (exact) mass is 597 g/mol. The standard InChI is InChI=1S/C25H21BrClN7O4/c1-2-5-18-29-23(27)22(25(37)28-10-19(35)36)34(18)11-16-13-8-9-38-12-17(13)21(26)20(16)14-6-3-4-7-15(14)24-30-32-33-31-24/h3-4,6-9,12H,2,5,10-11H2,1H3,(H,28,37)(H,35,36)(H,30,31,32,33). The van der Waals surface area contributed by atoms with Crippen LogP contribution in [0.25, 0.3) is 33.6 Å². The second kappa shape index (κ2) is 10.8. The van der Waals surface area contributed by atoms with Crippen LogP contribution in [0.3, 0.4) is 0 Å². The molecule has 2 aromatic heterocycles. The molecular weight excluding hydrogens is 578 g/mol. The van der Waals surface area contributed by atoms with E-state index < -0.39 is 18.4 Å². The van der Waals surface area contributed by atoms with Crippen molar-refractivity contribution in [2.24, 2.45) is 0 Å². The molecule has 13 heteroatoms. The van der Waals surface area contributed by atoms with Crippen molar-refractivity contribution in [2.45, 2.75) is 26.3 Å². The fraction of sp³-hybridized carbons (Fsp3) is 0.200. The van der Waals surface area contributed by atoms with E-state index in [1.807, 2.05) is 37.3 Å². The molecule has 5 rings (SSSR count). The zero-order valence-electron chi connectivity index (χ0n) is 20.0. The number of carbonyl (C=O) groups is 2. The van der Waals surface area contributed by atoms with Crippen molar-refractivity contribution in [2.75, 3.05) is 6.54 Å². The summed E-state index contributed by atoms with van der Waals surface area (Å²) in [6.07, 6.45) is 4.57. The van der Waals surface area contributed by atoms with Crippen LogP contribution in [-0.2, 0) is 17.8 Å². The van der Waals surface area contributed by atoms with Crippen molar-refractivity contribution >= 4 is 39.4 Å². The van der Waals surface area contributed by atoms with Gasteiger partial charge in [-0.1, -0.05) is 42.8 Å². The molecule has 0 spiro atoms. The molecule has 0 atom stereocenters. The highest BCUT2D eigenvalue weighted by Gasteiger charge is 2.29. The number of benzene rings is 1. The third-order valence-corrected chi connectivity index (χ3v) is 7.17. The average Bonchev–Trinajstić information content (AvgIpc) is 3.61. The summed E-state index contributed by atoms with van der Waals surface area (Å²) >= 11 is 10.2. The van der Waals surface area contributed by atoms with E-state index >= 15 is 0 Å². The Morgan fingerprint density at radius 2 is 1.97 bits per heavy atom. The van der Waals surface area contributed by atoms with E-state index in [4.69, 9.17) is 21.1 Å². The van der Waals surface area contributed by atoms with Crippen LogP contribution >= 0.6 is 27.5 Å². The summed E-state index contributed by atoms with van der Waals surface area (Å²) in [6.45, 7) is 1.69. The quantitative estimate of drug-likeness (QED) is 0.222. The number of nitrogens with zero attached hydrogens (tertiary/aromatic N) is 5. The average molecular weight is 599 g/mol. The normalized spacial score (nSPS) is 11.2. The third kappa shape index (κ3) is 4.68. The van der Waals surface area contributed by atoms with Crippen molar-refractivity contribution in [1.29, 1.82) is 0 Å². The number of aryl methyl sites for hydroxylation is 1. The Balaban J connectivity index is 1.72. The maximum atomic E-state index is 13.1. The first-order chi connectivity index (χ1) is 18.4. The number of carboxylic acid groups (broad SMARTS) is 1. The van der Waals surface area contributed by atoms with Crippen LogP contribution in [0, 0.1) is 0 Å². The zero-order chi connectivity index (χ0) is 26.8. The molecule has 1 aliphatic heterocycles. The second-order valence-corrected chi connectivity index (χ2v) is 9.58. The minimum atomic E-state index is -1.16. The number of aliphatic carboxylic acids is 1. The Hall–Kier alpha value is -4.03. The Labute approximate surface area is 229 Å². The Morgan fingerprint density at radius 3 is 2.68 bits per heavy atom. The van der Waals surface area contributed by atoms with Crippen LogP contribution < -0.4 is 5.32 Å². The van der Waals surface area contributed by atoms with Crippen molar-refractivity contribution in [3.63, 3.8) is 0 Å². The summed E-state index contributed by atoms with van der Waals surface area (Å²) in [7, 11) is 0. The molecule has 3 N–H and O–H groups in total. The van der Waals surface area contributed by atoms with E-state index in [0.717, 1.165) is 44.3 Å². The molecule has 3 heterocycles. The van der Waals surface area contributed by atoms with Gasteiger partial charge in [0.05, 0.1) is 19.1 Å². The van der Waals surface area contributed by atoms with Gasteiger partial charge >= 0.3 is 5.97 Å². The number of carbonyl (C=O) groups excluding carboxylic acids is 1. The van der Waals surface area contributed by atoms with Gasteiger partial charge in [-0.05, 0) is 55.5 Å². The molecule has 1 amide bonds. The first kappa shape index (κ1) is 25.6. The summed E-state index contributed by atoms with van der Waals surface area (Å²) in [6, 6.07) is 9.55. The minimum Gasteiger partial charge on any atom is -0.480 e. The first-order valence-electron chi connectivity index (χ1n) is 11.6. The van der Waals surface area contributed by atoms with E-state index in [1.54, 1.807) is 17.1 Å². The van der Waals surface area contributed by atoms with Gasteiger partial charge < -0.3 is 19.4 Å². The number of carboxylic acids is 1. The molecule has 3 aromatic rings. The molecule has 0 bridgehead atoms. The maximum absolute atomic E-state index is 13.1. The highest BCUT2D eigenvalue weighted by Crippen LogP contribution is 2.48. The predicted octanol–water partition coefficient (Wildman–Crippen LogP) is 4.66. The number of halogens is 2. The number of hydrogen-bond donors (Lipinski definition) is 3. The van der Waals surface area contributed by atoms with E-state index in [1.165, 1.54) is 0 Å². The van der Waals surface area contributed by atoms with Gasteiger partial charge in [0.15, 0.2) is 11.0 Å². The topological polar surface area (TPSA) is 152 Å². The number of tetrazole rings is 1. The summed E-state index contributed by atoms with van der Waals surface area (Å²) < 4.78 is 8.03. The highest BCUT2D eigenvalue weighted by molar-refractivity contribution is 9.10. The molecule has 38 heavy (non-hydrogen) atoms. The third-order valence-electron chi connectivity index (χ3n) is 6.08. The lowest BCUT2D eigenvalue weighted by atomic mass is 9.97. The van der Waals surface area contributed by atoms with E-state index in [9.17, 15) is 9.59 Å². The number of imidazole rings is 1. The van der Waals surface area contributed by atoms with Crippen LogP contribution in [0.4, 0.5) is 0 Å². The van der Waals surface area contributed by atoms with Gasteiger partial charge in [-0.25, -0.2) is 10.1 Å². The predicted molar refractivity (Wildman–Crippen MR) is 142 cm³/mol.